The number of ether oxygens (including phenoxy) is 3. The Morgan fingerprint density at radius 2 is 1.86 bits per heavy atom. The summed E-state index contributed by atoms with van der Waals surface area (Å²) < 4.78 is 18.3. The molecule has 0 spiro atoms. The molecule has 2 aliphatic heterocycles. The van der Waals surface area contributed by atoms with Crippen molar-refractivity contribution in [3.8, 4) is 17.2 Å². The lowest BCUT2D eigenvalue weighted by atomic mass is 9.78. The number of carbonyl (C=O) groups is 1. The van der Waals surface area contributed by atoms with E-state index in [1.807, 2.05) is 61.2 Å². The summed E-state index contributed by atoms with van der Waals surface area (Å²) in [4.78, 5) is 15.7. The minimum absolute atomic E-state index is 0.229. The molecule has 36 heavy (non-hydrogen) atoms. The predicted molar refractivity (Wildman–Crippen MR) is 144 cm³/mol. The normalized spacial score (nSPS) is 22.1. The van der Waals surface area contributed by atoms with Gasteiger partial charge in [-0.2, -0.15) is 0 Å². The quantitative estimate of drug-likeness (QED) is 0.411. The third-order valence-electron chi connectivity index (χ3n) is 6.51. The maximum absolute atomic E-state index is 13.9. The molecule has 2 aliphatic rings. The lowest BCUT2D eigenvalue weighted by molar-refractivity contribution is -0.130. The van der Waals surface area contributed by atoms with Crippen LogP contribution in [0.4, 0.5) is 11.4 Å². The van der Waals surface area contributed by atoms with Crippen molar-refractivity contribution in [2.24, 2.45) is 5.92 Å². The highest BCUT2D eigenvalue weighted by atomic mass is 35.5. The molecule has 5 rings (SSSR count). The van der Waals surface area contributed by atoms with Crippen LogP contribution < -0.4 is 29.7 Å². The number of para-hydroxylation sites is 3. The third-order valence-corrected chi connectivity index (χ3v) is 7.06. The number of methoxy groups -OCH3 is 1. The van der Waals surface area contributed by atoms with E-state index in [1.165, 1.54) is 0 Å². The molecule has 0 aliphatic carbocycles. The fraction of sp³-hybridized carbons (Fsp3) is 0.259. The van der Waals surface area contributed by atoms with Gasteiger partial charge in [-0.1, -0.05) is 35.9 Å². The molecule has 3 atom stereocenters. The molecule has 1 fully saturated rings. The van der Waals surface area contributed by atoms with Crippen molar-refractivity contribution in [3.63, 3.8) is 0 Å². The number of halogens is 1. The Morgan fingerprint density at radius 3 is 2.58 bits per heavy atom. The van der Waals surface area contributed by atoms with Crippen LogP contribution in [0.3, 0.4) is 0 Å². The van der Waals surface area contributed by atoms with Gasteiger partial charge in [0.2, 0.25) is 5.91 Å². The highest BCUT2D eigenvalue weighted by molar-refractivity contribution is 7.80. The van der Waals surface area contributed by atoms with E-state index in [0.717, 1.165) is 5.56 Å². The van der Waals surface area contributed by atoms with Gasteiger partial charge in [0.1, 0.15) is 11.7 Å². The summed E-state index contributed by atoms with van der Waals surface area (Å²) in [6.45, 7) is 4.27. The fourth-order valence-electron chi connectivity index (χ4n) is 4.97. The molecular weight excluding hydrogens is 498 g/mol. The second kappa shape index (κ2) is 9.52. The Labute approximate surface area is 220 Å². The lowest BCUT2D eigenvalue weighted by Gasteiger charge is -2.56. The van der Waals surface area contributed by atoms with E-state index in [0.29, 0.717) is 45.4 Å². The maximum atomic E-state index is 13.9. The summed E-state index contributed by atoms with van der Waals surface area (Å²) in [7, 11) is 1.60. The van der Waals surface area contributed by atoms with E-state index in [9.17, 15) is 4.79 Å². The van der Waals surface area contributed by atoms with Gasteiger partial charge in [-0.15, -0.1) is 0 Å². The number of rotatable bonds is 6. The van der Waals surface area contributed by atoms with E-state index in [-0.39, 0.29) is 5.91 Å². The van der Waals surface area contributed by atoms with Gasteiger partial charge >= 0.3 is 0 Å². The van der Waals surface area contributed by atoms with Gasteiger partial charge in [-0.3, -0.25) is 9.69 Å². The Hall–Kier alpha value is -3.49. The summed E-state index contributed by atoms with van der Waals surface area (Å²) in [5.41, 5.74) is 0.904. The molecule has 9 heteroatoms. The number of fused-ring (bicyclic) bond motifs is 4. The summed E-state index contributed by atoms with van der Waals surface area (Å²) in [5.74, 6) is 0.863. The minimum atomic E-state index is -1.21. The number of nitrogens with one attached hydrogen (secondary N) is 2. The monoisotopic (exact) mass is 523 g/mol. The Kier molecular flexibility index (Phi) is 6.40. The van der Waals surface area contributed by atoms with Crippen molar-refractivity contribution in [3.05, 3.63) is 77.3 Å². The Morgan fingerprint density at radius 1 is 1.14 bits per heavy atom. The highest BCUT2D eigenvalue weighted by Crippen LogP contribution is 2.53. The number of amides is 1. The number of carbonyl (C=O) groups excluding carboxylic acids is 1. The largest absolute Gasteiger partial charge is 0.495 e. The van der Waals surface area contributed by atoms with Gasteiger partial charge in [-0.05, 0) is 68.5 Å². The first kappa shape index (κ1) is 24.2. The van der Waals surface area contributed by atoms with Gasteiger partial charge in [0.15, 0.2) is 22.3 Å². The third kappa shape index (κ3) is 4.00. The average molecular weight is 524 g/mol. The lowest BCUT2D eigenvalue weighted by Crippen LogP contribution is -2.72. The number of nitrogens with zero attached hydrogens (tertiary/aromatic N) is 1. The first-order valence-electron chi connectivity index (χ1n) is 11.6. The number of hydrogen-bond donors (Lipinski definition) is 2. The van der Waals surface area contributed by atoms with Crippen molar-refractivity contribution in [2.75, 3.05) is 23.9 Å². The molecule has 0 aromatic heterocycles. The maximum Gasteiger partial charge on any atom is 0.236 e. The van der Waals surface area contributed by atoms with Gasteiger partial charge in [0, 0.05) is 16.3 Å². The van der Waals surface area contributed by atoms with Gasteiger partial charge in [0.05, 0.1) is 25.4 Å². The van der Waals surface area contributed by atoms with E-state index in [1.54, 1.807) is 31.4 Å². The average Bonchev–Trinajstić information content (AvgIpc) is 2.86. The SMILES string of the molecule is CCOc1cccc2c1O[C@@]1(C)[C@@H](C(=O)Nc3ccc(Cl)cc3)[C@@H]2NC(=S)N1c1ccccc1OC. The van der Waals surface area contributed by atoms with Crippen LogP contribution in [0.2, 0.25) is 5.02 Å². The molecule has 2 bridgehead atoms. The number of thiocarbonyl (C=S) groups is 1. The van der Waals surface area contributed by atoms with Gasteiger partial charge < -0.3 is 24.8 Å². The van der Waals surface area contributed by atoms with E-state index in [4.69, 9.17) is 38.0 Å². The molecule has 2 heterocycles. The molecule has 186 valence electrons. The second-order valence-corrected chi connectivity index (χ2v) is 9.50. The minimum Gasteiger partial charge on any atom is -0.495 e. The second-order valence-electron chi connectivity index (χ2n) is 8.67. The molecule has 3 aromatic rings. The van der Waals surface area contributed by atoms with Crippen LogP contribution in [0, 0.1) is 5.92 Å². The molecule has 1 saturated heterocycles. The molecule has 1 amide bonds. The highest BCUT2D eigenvalue weighted by Gasteiger charge is 2.60. The van der Waals surface area contributed by atoms with Crippen LogP contribution in [0.25, 0.3) is 0 Å². The van der Waals surface area contributed by atoms with E-state index >= 15 is 0 Å². The van der Waals surface area contributed by atoms with Crippen LogP contribution in [0.1, 0.15) is 25.5 Å². The Balaban J connectivity index is 1.66. The first-order valence-corrected chi connectivity index (χ1v) is 12.4. The van der Waals surface area contributed by atoms with E-state index < -0.39 is 17.7 Å². The van der Waals surface area contributed by atoms with Crippen LogP contribution in [-0.2, 0) is 4.79 Å². The standard InChI is InChI=1S/C27H26ClN3O4S/c1-4-34-21-11-7-8-18-23-22(25(32)29-17-14-12-16(28)13-15-17)27(2,35-24(18)21)31(26(36)30-23)19-9-5-6-10-20(19)33-3/h5-15,22-23H,4H2,1-3H3,(H,29,32)(H,30,36)/t22-,23-,27+/m1/s1. The molecule has 0 saturated carbocycles. The van der Waals surface area contributed by atoms with Crippen LogP contribution in [0.15, 0.2) is 66.7 Å². The summed E-state index contributed by atoms with van der Waals surface area (Å²) >= 11 is 11.9. The zero-order chi connectivity index (χ0) is 25.4. The van der Waals surface area contributed by atoms with Crippen LogP contribution >= 0.6 is 23.8 Å². The van der Waals surface area contributed by atoms with Gasteiger partial charge in [-0.25, -0.2) is 0 Å². The van der Waals surface area contributed by atoms with Crippen molar-refractivity contribution in [1.29, 1.82) is 0 Å². The van der Waals surface area contributed by atoms with Gasteiger partial charge in [0.25, 0.3) is 0 Å². The molecular formula is C27H26ClN3O4S. The molecule has 0 radical (unpaired) electrons. The van der Waals surface area contributed by atoms with Crippen LogP contribution in [0.5, 0.6) is 17.2 Å². The Bertz CT molecular complexity index is 1320. The van der Waals surface area contributed by atoms with E-state index in [2.05, 4.69) is 10.6 Å². The topological polar surface area (TPSA) is 72.1 Å². The smallest absolute Gasteiger partial charge is 0.236 e. The van der Waals surface area contributed by atoms with Crippen molar-refractivity contribution < 1.29 is 19.0 Å². The van der Waals surface area contributed by atoms with Crippen molar-refractivity contribution in [2.45, 2.75) is 25.6 Å². The zero-order valence-electron chi connectivity index (χ0n) is 20.1. The number of hydrogen-bond acceptors (Lipinski definition) is 5. The molecule has 0 unspecified atom stereocenters. The fourth-order valence-corrected chi connectivity index (χ4v) is 5.50. The predicted octanol–water partition coefficient (Wildman–Crippen LogP) is 5.55. The molecule has 7 nitrogen and oxygen atoms in total. The van der Waals surface area contributed by atoms with Crippen molar-refractivity contribution >= 4 is 46.2 Å². The number of benzene rings is 3. The summed E-state index contributed by atoms with van der Waals surface area (Å²) in [6.07, 6.45) is 0. The number of anilines is 2. The molecule has 2 N–H and O–H groups in total. The summed E-state index contributed by atoms with van der Waals surface area (Å²) in [6, 6.07) is 19.7. The summed E-state index contributed by atoms with van der Waals surface area (Å²) in [5, 5.41) is 7.45. The van der Waals surface area contributed by atoms with Crippen LogP contribution in [-0.4, -0.2) is 30.5 Å². The zero-order valence-corrected chi connectivity index (χ0v) is 21.7. The molecule has 3 aromatic carbocycles. The van der Waals surface area contributed by atoms with Crippen molar-refractivity contribution in [1.82, 2.24) is 5.32 Å². The first-order chi connectivity index (χ1) is 17.4.